The molecule has 0 saturated carbocycles. The average Bonchev–Trinajstić information content (AvgIpc) is 2.50. The van der Waals surface area contributed by atoms with Gasteiger partial charge in [-0.1, -0.05) is 20.8 Å². The predicted molar refractivity (Wildman–Crippen MR) is 78.3 cm³/mol. The van der Waals surface area contributed by atoms with Gasteiger partial charge in [-0.3, -0.25) is 0 Å². The van der Waals surface area contributed by atoms with Gasteiger partial charge in [0.15, 0.2) is 0 Å². The number of rotatable bonds is 1. The number of fused-ring (bicyclic) bond motifs is 1. The SMILES string of the molecule is Cc1cc2oc(CC(C)(C)C)c(C)c2c(C)c1C. The zero-order chi connectivity index (χ0) is 13.7. The molecule has 0 radical (unpaired) electrons. The molecular weight excluding hydrogens is 220 g/mol. The van der Waals surface area contributed by atoms with E-state index in [0.29, 0.717) is 0 Å². The molecule has 1 aromatic heterocycles. The summed E-state index contributed by atoms with van der Waals surface area (Å²) in [5.74, 6) is 1.14. The highest BCUT2D eigenvalue weighted by Crippen LogP contribution is 2.34. The van der Waals surface area contributed by atoms with E-state index in [1.54, 1.807) is 0 Å². The van der Waals surface area contributed by atoms with Crippen LogP contribution in [0.15, 0.2) is 10.5 Å². The van der Waals surface area contributed by atoms with E-state index in [2.05, 4.69) is 54.5 Å². The molecule has 0 amide bonds. The molecule has 18 heavy (non-hydrogen) atoms. The topological polar surface area (TPSA) is 13.1 Å². The molecular formula is C17H24O. The molecule has 1 nitrogen and oxygen atoms in total. The van der Waals surface area contributed by atoms with Gasteiger partial charge in [0, 0.05) is 11.8 Å². The van der Waals surface area contributed by atoms with Gasteiger partial charge in [-0.25, -0.2) is 0 Å². The van der Waals surface area contributed by atoms with Crippen LogP contribution in [0.2, 0.25) is 0 Å². The van der Waals surface area contributed by atoms with Gasteiger partial charge in [-0.2, -0.15) is 0 Å². The average molecular weight is 244 g/mol. The molecule has 0 unspecified atom stereocenters. The van der Waals surface area contributed by atoms with Crippen molar-refractivity contribution in [1.82, 2.24) is 0 Å². The van der Waals surface area contributed by atoms with Crippen LogP contribution in [0.3, 0.4) is 0 Å². The van der Waals surface area contributed by atoms with Crippen LogP contribution in [0.25, 0.3) is 11.0 Å². The van der Waals surface area contributed by atoms with Crippen LogP contribution in [-0.2, 0) is 6.42 Å². The molecule has 1 heterocycles. The summed E-state index contributed by atoms with van der Waals surface area (Å²) in [6.07, 6.45) is 0.991. The highest BCUT2D eigenvalue weighted by atomic mass is 16.3. The molecule has 2 aromatic rings. The van der Waals surface area contributed by atoms with Crippen molar-refractivity contribution in [3.8, 4) is 0 Å². The Balaban J connectivity index is 2.67. The second-order valence-electron chi connectivity index (χ2n) is 6.70. The molecule has 0 fully saturated rings. The highest BCUT2D eigenvalue weighted by molar-refractivity contribution is 5.87. The Morgan fingerprint density at radius 3 is 2.11 bits per heavy atom. The first kappa shape index (κ1) is 13.2. The molecule has 0 saturated heterocycles. The van der Waals surface area contributed by atoms with E-state index in [9.17, 15) is 0 Å². The second kappa shape index (κ2) is 4.15. The summed E-state index contributed by atoms with van der Waals surface area (Å²) in [4.78, 5) is 0. The smallest absolute Gasteiger partial charge is 0.135 e. The monoisotopic (exact) mass is 244 g/mol. The van der Waals surface area contributed by atoms with Gasteiger partial charge in [0.2, 0.25) is 0 Å². The van der Waals surface area contributed by atoms with E-state index in [1.165, 1.54) is 27.6 Å². The zero-order valence-electron chi connectivity index (χ0n) is 12.7. The molecule has 0 spiro atoms. The first-order valence-electron chi connectivity index (χ1n) is 6.69. The van der Waals surface area contributed by atoms with E-state index >= 15 is 0 Å². The predicted octanol–water partition coefficient (Wildman–Crippen LogP) is 5.26. The van der Waals surface area contributed by atoms with E-state index < -0.39 is 0 Å². The molecule has 0 N–H and O–H groups in total. The first-order valence-corrected chi connectivity index (χ1v) is 6.69. The summed E-state index contributed by atoms with van der Waals surface area (Å²) < 4.78 is 6.09. The number of hydrogen-bond acceptors (Lipinski definition) is 1. The fourth-order valence-electron chi connectivity index (χ4n) is 2.59. The minimum Gasteiger partial charge on any atom is -0.461 e. The van der Waals surface area contributed by atoms with Crippen molar-refractivity contribution in [2.24, 2.45) is 5.41 Å². The van der Waals surface area contributed by atoms with Crippen molar-refractivity contribution in [2.45, 2.75) is 54.9 Å². The lowest BCUT2D eigenvalue weighted by Gasteiger charge is -2.16. The van der Waals surface area contributed by atoms with E-state index in [1.807, 2.05) is 0 Å². The first-order chi connectivity index (χ1) is 8.20. The lowest BCUT2D eigenvalue weighted by molar-refractivity contribution is 0.369. The Morgan fingerprint density at radius 2 is 1.56 bits per heavy atom. The van der Waals surface area contributed by atoms with Gasteiger partial charge < -0.3 is 4.42 Å². The number of hydrogen-bond donors (Lipinski definition) is 0. The maximum absolute atomic E-state index is 6.09. The second-order valence-corrected chi connectivity index (χ2v) is 6.70. The summed E-state index contributed by atoms with van der Waals surface area (Å²) in [6, 6.07) is 2.18. The molecule has 1 aromatic carbocycles. The van der Waals surface area contributed by atoms with Gasteiger partial charge in [-0.15, -0.1) is 0 Å². The summed E-state index contributed by atoms with van der Waals surface area (Å²) >= 11 is 0. The lowest BCUT2D eigenvalue weighted by atomic mass is 9.89. The number of benzene rings is 1. The summed E-state index contributed by atoms with van der Waals surface area (Å²) in [7, 11) is 0. The Hall–Kier alpha value is -1.24. The van der Waals surface area contributed by atoms with Crippen molar-refractivity contribution in [2.75, 3.05) is 0 Å². The van der Waals surface area contributed by atoms with Crippen molar-refractivity contribution >= 4 is 11.0 Å². The Bertz CT molecular complexity index is 594. The fourth-order valence-corrected chi connectivity index (χ4v) is 2.59. The molecule has 0 atom stereocenters. The summed E-state index contributed by atoms with van der Waals surface area (Å²) in [6.45, 7) is 15.5. The van der Waals surface area contributed by atoms with Gasteiger partial charge in [-0.05, 0) is 61.4 Å². The highest BCUT2D eigenvalue weighted by Gasteiger charge is 2.20. The molecule has 2 rings (SSSR count). The van der Waals surface area contributed by atoms with Crippen LogP contribution in [0, 0.1) is 33.1 Å². The van der Waals surface area contributed by atoms with Crippen LogP contribution in [0.5, 0.6) is 0 Å². The van der Waals surface area contributed by atoms with Gasteiger partial charge >= 0.3 is 0 Å². The van der Waals surface area contributed by atoms with Crippen LogP contribution < -0.4 is 0 Å². The molecule has 98 valence electrons. The third kappa shape index (κ3) is 2.19. The number of furan rings is 1. The van der Waals surface area contributed by atoms with Crippen molar-refractivity contribution < 1.29 is 4.42 Å². The van der Waals surface area contributed by atoms with Crippen LogP contribution >= 0.6 is 0 Å². The fraction of sp³-hybridized carbons (Fsp3) is 0.529. The molecule has 0 aliphatic heterocycles. The Labute approximate surface area is 110 Å². The largest absolute Gasteiger partial charge is 0.461 e. The van der Waals surface area contributed by atoms with Gasteiger partial charge in [0.05, 0.1) is 0 Å². The third-order valence-electron chi connectivity index (χ3n) is 3.84. The summed E-state index contributed by atoms with van der Waals surface area (Å²) in [5, 5.41) is 1.32. The Morgan fingerprint density at radius 1 is 0.944 bits per heavy atom. The van der Waals surface area contributed by atoms with Gasteiger partial charge in [0.25, 0.3) is 0 Å². The Kier molecular flexibility index (Phi) is 3.04. The van der Waals surface area contributed by atoms with Crippen LogP contribution in [0.4, 0.5) is 0 Å². The van der Waals surface area contributed by atoms with Crippen molar-refractivity contribution in [1.29, 1.82) is 0 Å². The maximum atomic E-state index is 6.09. The minimum absolute atomic E-state index is 0.261. The lowest BCUT2D eigenvalue weighted by Crippen LogP contribution is -2.09. The van der Waals surface area contributed by atoms with Crippen molar-refractivity contribution in [3.05, 3.63) is 34.1 Å². The van der Waals surface area contributed by atoms with E-state index in [-0.39, 0.29) is 5.41 Å². The number of aryl methyl sites for hydroxylation is 3. The van der Waals surface area contributed by atoms with E-state index in [0.717, 1.165) is 17.8 Å². The molecule has 0 aliphatic carbocycles. The molecule has 0 bridgehead atoms. The maximum Gasteiger partial charge on any atom is 0.135 e. The third-order valence-corrected chi connectivity index (χ3v) is 3.84. The van der Waals surface area contributed by atoms with Crippen molar-refractivity contribution in [3.63, 3.8) is 0 Å². The molecule has 1 heteroatoms. The van der Waals surface area contributed by atoms with Gasteiger partial charge in [0.1, 0.15) is 11.3 Å². The summed E-state index contributed by atoms with van der Waals surface area (Å²) in [5.41, 5.74) is 6.69. The standard InChI is InChI=1S/C17H24O/c1-10-8-14-16(12(3)11(10)2)13(4)15(18-14)9-17(5,6)7/h8H,9H2,1-7H3. The van der Waals surface area contributed by atoms with Crippen LogP contribution in [0.1, 0.15) is 48.8 Å². The quantitative estimate of drug-likeness (QED) is 0.667. The zero-order valence-corrected chi connectivity index (χ0v) is 12.7. The molecule has 0 aliphatic rings. The van der Waals surface area contributed by atoms with Crippen LogP contribution in [-0.4, -0.2) is 0 Å². The van der Waals surface area contributed by atoms with E-state index in [4.69, 9.17) is 4.42 Å². The normalized spacial score (nSPS) is 12.4. The minimum atomic E-state index is 0.261.